The van der Waals surface area contributed by atoms with Crippen molar-refractivity contribution in [3.63, 3.8) is 0 Å². The molecule has 2 aromatic carbocycles. The number of hydrogen-bond donors (Lipinski definition) is 0. The van der Waals surface area contributed by atoms with Crippen LogP contribution in [0.3, 0.4) is 0 Å². The van der Waals surface area contributed by atoms with Crippen LogP contribution in [0.25, 0.3) is 10.4 Å². The minimum absolute atomic E-state index is 0.212. The fraction of sp³-hybridized carbons (Fsp3) is 0.379. The van der Waals surface area contributed by atoms with Crippen LogP contribution in [0.1, 0.15) is 35.0 Å². The maximum Gasteiger partial charge on any atom is 0.351 e. The molecular weight excluding hydrogens is 634 g/mol. The van der Waals surface area contributed by atoms with E-state index in [1.807, 2.05) is 43.3 Å². The third-order valence-electron chi connectivity index (χ3n) is 6.63. The molecule has 1 aromatic heterocycles. The Morgan fingerprint density at radius 2 is 1.78 bits per heavy atom. The molecule has 0 N–H and O–H groups in total. The molecule has 220 valence electrons. The number of methoxy groups -OCH3 is 1. The molecule has 1 aliphatic heterocycles. The smallest absolute Gasteiger partial charge is 0.351 e. The van der Waals surface area contributed by atoms with Crippen molar-refractivity contribution in [3.05, 3.63) is 63.4 Å². The summed E-state index contributed by atoms with van der Waals surface area (Å²) < 4.78 is 49.7. The second-order valence-corrected chi connectivity index (χ2v) is 13.2. The molecule has 0 spiro atoms. The minimum atomic E-state index is -3.51. The van der Waals surface area contributed by atoms with Crippen LogP contribution >= 0.6 is 27.3 Å². The van der Waals surface area contributed by atoms with Gasteiger partial charge in [0.1, 0.15) is 5.75 Å². The van der Waals surface area contributed by atoms with Gasteiger partial charge in [-0.3, -0.25) is 0 Å². The molecule has 1 fully saturated rings. The van der Waals surface area contributed by atoms with Crippen LogP contribution in [-0.4, -0.2) is 64.7 Å². The van der Waals surface area contributed by atoms with E-state index in [0.717, 1.165) is 11.1 Å². The maximum absolute atomic E-state index is 13.0. The summed E-state index contributed by atoms with van der Waals surface area (Å²) in [6.45, 7) is 4.84. The van der Waals surface area contributed by atoms with Crippen molar-refractivity contribution in [3.8, 4) is 21.9 Å². The van der Waals surface area contributed by atoms with Crippen LogP contribution < -0.4 is 9.47 Å². The molecule has 1 saturated heterocycles. The Bertz CT molecular complexity index is 1480. The summed E-state index contributed by atoms with van der Waals surface area (Å²) in [5.41, 5.74) is 1.80. The van der Waals surface area contributed by atoms with Crippen molar-refractivity contribution in [2.24, 2.45) is 5.92 Å². The van der Waals surface area contributed by atoms with Gasteiger partial charge in [-0.2, -0.15) is 4.31 Å². The number of thiophene rings is 1. The molecule has 0 radical (unpaired) electrons. The largest absolute Gasteiger partial charge is 0.493 e. The average Bonchev–Trinajstić information content (AvgIpc) is 3.31. The molecule has 4 rings (SSSR count). The van der Waals surface area contributed by atoms with Crippen LogP contribution in [0.4, 0.5) is 0 Å². The second-order valence-electron chi connectivity index (χ2n) is 9.49. The summed E-state index contributed by atoms with van der Waals surface area (Å²) >= 11 is 4.70. The molecule has 2 heterocycles. The molecule has 12 heteroatoms. The first-order valence-electron chi connectivity index (χ1n) is 13.1. The van der Waals surface area contributed by atoms with Gasteiger partial charge in [0.05, 0.1) is 34.6 Å². The summed E-state index contributed by atoms with van der Waals surface area (Å²) in [5, 5.41) is 0. The number of carbonyl (C=O) groups excluding carboxylic acids is 2. The number of esters is 2. The maximum atomic E-state index is 13.0. The summed E-state index contributed by atoms with van der Waals surface area (Å²) in [6.07, 6.45) is 1.40. The Kier molecular flexibility index (Phi) is 10.5. The molecule has 0 amide bonds. The van der Waals surface area contributed by atoms with Crippen LogP contribution in [0, 0.1) is 12.8 Å². The summed E-state index contributed by atoms with van der Waals surface area (Å²) in [7, 11) is -2.23. The van der Waals surface area contributed by atoms with Gasteiger partial charge < -0.3 is 18.9 Å². The molecule has 41 heavy (non-hydrogen) atoms. The third-order valence-corrected chi connectivity index (χ3v) is 10.8. The SMILES string of the molecule is CCOC(=O)COc1c(C(=O)OC)sc(-c2cccc(OCC3CCN(S(=O)(=O)c4ccc(C)cc4)CC3)c2)c1Br. The van der Waals surface area contributed by atoms with Gasteiger partial charge in [0, 0.05) is 13.1 Å². The van der Waals surface area contributed by atoms with Gasteiger partial charge in [-0.25, -0.2) is 18.0 Å². The molecule has 3 aromatic rings. The first-order chi connectivity index (χ1) is 19.6. The number of halogens is 1. The third kappa shape index (κ3) is 7.48. The Morgan fingerprint density at radius 1 is 1.07 bits per heavy atom. The van der Waals surface area contributed by atoms with Crippen molar-refractivity contribution >= 4 is 49.2 Å². The molecule has 0 bridgehead atoms. The molecule has 0 atom stereocenters. The monoisotopic (exact) mass is 665 g/mol. The average molecular weight is 667 g/mol. The second kappa shape index (κ2) is 13.8. The highest BCUT2D eigenvalue weighted by atomic mass is 79.9. The van der Waals surface area contributed by atoms with Gasteiger partial charge >= 0.3 is 11.9 Å². The quantitative estimate of drug-likeness (QED) is 0.240. The highest BCUT2D eigenvalue weighted by Crippen LogP contribution is 2.46. The Labute approximate surface area is 252 Å². The van der Waals surface area contributed by atoms with Crippen LogP contribution in [0.5, 0.6) is 11.5 Å². The van der Waals surface area contributed by atoms with Gasteiger partial charge in [-0.15, -0.1) is 11.3 Å². The Balaban J connectivity index is 1.41. The van der Waals surface area contributed by atoms with E-state index in [1.54, 1.807) is 23.4 Å². The molecular formula is C29H32BrNO8S2. The number of hydrogen-bond acceptors (Lipinski definition) is 9. The zero-order chi connectivity index (χ0) is 29.6. The molecule has 9 nitrogen and oxygen atoms in total. The van der Waals surface area contributed by atoms with E-state index in [9.17, 15) is 18.0 Å². The fourth-order valence-electron chi connectivity index (χ4n) is 4.39. The van der Waals surface area contributed by atoms with Crippen molar-refractivity contribution < 1.29 is 37.0 Å². The van der Waals surface area contributed by atoms with E-state index in [0.29, 0.717) is 52.5 Å². The minimum Gasteiger partial charge on any atom is -0.493 e. The van der Waals surface area contributed by atoms with Crippen molar-refractivity contribution in [2.45, 2.75) is 31.6 Å². The highest BCUT2D eigenvalue weighted by molar-refractivity contribution is 9.10. The van der Waals surface area contributed by atoms with Gasteiger partial charge in [-0.05, 0) is 78.4 Å². The zero-order valence-corrected chi connectivity index (χ0v) is 26.3. The predicted octanol–water partition coefficient (Wildman–Crippen LogP) is 5.69. The molecule has 0 unspecified atom stereocenters. The molecule has 1 aliphatic rings. The van der Waals surface area contributed by atoms with Gasteiger partial charge in [0.25, 0.3) is 0 Å². The number of benzene rings is 2. The summed E-state index contributed by atoms with van der Waals surface area (Å²) in [5.74, 6) is -0.0546. The standard InChI is InChI=1S/C29H32BrNO8S2/c1-4-37-24(32)18-39-26-25(30)27(40-28(26)29(33)36-3)21-6-5-7-22(16-21)38-17-20-12-14-31(15-13-20)41(34,35)23-10-8-19(2)9-11-23/h5-11,16,20H,4,12-15,17-18H2,1-3H3. The lowest BCUT2D eigenvalue weighted by Gasteiger charge is -2.31. The fourth-order valence-corrected chi connectivity index (χ4v) is 7.83. The predicted molar refractivity (Wildman–Crippen MR) is 159 cm³/mol. The number of sulfonamides is 1. The topological polar surface area (TPSA) is 108 Å². The van der Waals surface area contributed by atoms with Gasteiger partial charge in [-0.1, -0.05) is 29.8 Å². The van der Waals surface area contributed by atoms with Gasteiger partial charge in [0.2, 0.25) is 10.0 Å². The Hall–Kier alpha value is -2.93. The van der Waals surface area contributed by atoms with Gasteiger partial charge in [0.15, 0.2) is 17.2 Å². The number of rotatable bonds is 11. The van der Waals surface area contributed by atoms with Crippen molar-refractivity contribution in [1.29, 1.82) is 0 Å². The normalized spacial score (nSPS) is 14.4. The van der Waals surface area contributed by atoms with E-state index < -0.39 is 22.0 Å². The number of ether oxygens (including phenoxy) is 4. The molecule has 0 aliphatic carbocycles. The van der Waals surface area contributed by atoms with E-state index >= 15 is 0 Å². The molecule has 0 saturated carbocycles. The Morgan fingerprint density at radius 3 is 2.44 bits per heavy atom. The number of aryl methyl sites for hydroxylation is 1. The van der Waals surface area contributed by atoms with E-state index in [4.69, 9.17) is 18.9 Å². The first-order valence-corrected chi connectivity index (χ1v) is 16.2. The highest BCUT2D eigenvalue weighted by Gasteiger charge is 2.30. The summed E-state index contributed by atoms with van der Waals surface area (Å²) in [4.78, 5) is 25.5. The number of carbonyl (C=O) groups is 2. The lowest BCUT2D eigenvalue weighted by Crippen LogP contribution is -2.39. The number of piperidine rings is 1. The van der Waals surface area contributed by atoms with Crippen LogP contribution in [-0.2, 0) is 24.3 Å². The van der Waals surface area contributed by atoms with E-state index in [-0.39, 0.29) is 29.8 Å². The van der Waals surface area contributed by atoms with Crippen molar-refractivity contribution in [2.75, 3.05) is 40.0 Å². The van der Waals surface area contributed by atoms with Crippen LogP contribution in [0.2, 0.25) is 0 Å². The van der Waals surface area contributed by atoms with E-state index in [1.165, 1.54) is 18.4 Å². The van der Waals surface area contributed by atoms with E-state index in [2.05, 4.69) is 15.9 Å². The number of nitrogens with zero attached hydrogens (tertiary/aromatic N) is 1. The lowest BCUT2D eigenvalue weighted by atomic mass is 9.99. The lowest BCUT2D eigenvalue weighted by molar-refractivity contribution is -0.145. The zero-order valence-electron chi connectivity index (χ0n) is 23.1. The summed E-state index contributed by atoms with van der Waals surface area (Å²) in [6, 6.07) is 14.4. The first kappa shape index (κ1) is 31.0. The van der Waals surface area contributed by atoms with Crippen molar-refractivity contribution in [1.82, 2.24) is 4.31 Å². The van der Waals surface area contributed by atoms with Crippen LogP contribution in [0.15, 0.2) is 57.9 Å².